The number of benzene rings is 2. The van der Waals surface area contributed by atoms with Crippen molar-refractivity contribution in [2.24, 2.45) is 0 Å². The molecule has 1 amide bonds. The predicted molar refractivity (Wildman–Crippen MR) is 158 cm³/mol. The number of hydrogen-bond acceptors (Lipinski definition) is 9. The molecule has 4 aromatic rings. The van der Waals surface area contributed by atoms with Crippen LogP contribution in [0.25, 0.3) is 28.0 Å². The van der Waals surface area contributed by atoms with Crippen LogP contribution in [-0.4, -0.2) is 68.1 Å². The van der Waals surface area contributed by atoms with E-state index in [4.69, 9.17) is 4.74 Å². The number of carbonyl (C=O) groups is 2. The first kappa shape index (κ1) is 33.4. The number of ether oxygens (including phenoxy) is 1. The third-order valence-corrected chi connectivity index (χ3v) is 7.65. The molecule has 0 saturated heterocycles. The molecule has 0 spiro atoms. The van der Waals surface area contributed by atoms with Gasteiger partial charge in [0, 0.05) is 23.1 Å². The summed E-state index contributed by atoms with van der Waals surface area (Å²) >= 11 is 0. The molecule has 1 aliphatic rings. The number of aliphatic hydroxyl groups is 2. The highest BCUT2D eigenvalue weighted by Gasteiger charge is 2.43. The lowest BCUT2D eigenvalue weighted by molar-refractivity contribution is -0.189. The van der Waals surface area contributed by atoms with Crippen molar-refractivity contribution >= 4 is 28.9 Å². The summed E-state index contributed by atoms with van der Waals surface area (Å²) in [6, 6.07) is 6.12. The fraction of sp³-hybridized carbons (Fsp3) is 0.323. The average molecular weight is 662 g/mol. The number of anilines is 1. The maximum Gasteiger partial charge on any atom is 0.491 e. The summed E-state index contributed by atoms with van der Waals surface area (Å²) in [6.45, 7) is 0.124. The largest absolute Gasteiger partial charge is 0.491 e. The van der Waals surface area contributed by atoms with Crippen LogP contribution >= 0.6 is 0 Å². The lowest BCUT2D eigenvalue weighted by Gasteiger charge is -2.21. The minimum Gasteiger partial charge on any atom is -0.418 e. The van der Waals surface area contributed by atoms with E-state index in [1.54, 1.807) is 0 Å². The standard InChI is InChI=1S/C31H28F5N5O6/c1-15-9-10-19(28(45)37-16-5-2-3-6-16)26(47-29(46)31(34,35)36)23(15)24-18-11-12-22(44)41(25-20(32)7-4-8-21(25)33)27(18)40-30(39-24)38-17(13-42)14-43/h4,7-12,16-17,42-43H,2-3,5-6,13-14H2,1H3,(H,37,45)(H,38,39,40). The van der Waals surface area contributed by atoms with Crippen LogP contribution in [0.1, 0.15) is 41.6 Å². The number of aromatic nitrogens is 3. The number of esters is 1. The van der Waals surface area contributed by atoms with Crippen molar-refractivity contribution in [3.8, 4) is 22.7 Å². The molecule has 0 aliphatic heterocycles. The van der Waals surface area contributed by atoms with E-state index in [-0.39, 0.29) is 28.2 Å². The number of nitrogens with one attached hydrogen (secondary N) is 2. The number of carbonyl (C=O) groups excluding carboxylic acids is 2. The van der Waals surface area contributed by atoms with E-state index in [2.05, 4.69) is 20.6 Å². The smallest absolute Gasteiger partial charge is 0.418 e. The third-order valence-electron chi connectivity index (χ3n) is 7.65. The number of pyridine rings is 1. The third kappa shape index (κ3) is 6.78. The lowest BCUT2D eigenvalue weighted by Crippen LogP contribution is -2.34. The topological polar surface area (TPSA) is 156 Å². The minimum absolute atomic E-state index is 0.147. The Labute approximate surface area is 263 Å². The van der Waals surface area contributed by atoms with Crippen LogP contribution in [0.4, 0.5) is 27.9 Å². The molecule has 1 saturated carbocycles. The number of nitrogens with zero attached hydrogens (tertiary/aromatic N) is 3. The van der Waals surface area contributed by atoms with Gasteiger partial charge in [0.1, 0.15) is 17.3 Å². The van der Waals surface area contributed by atoms with Crippen LogP contribution in [0.3, 0.4) is 0 Å². The number of aliphatic hydroxyl groups excluding tert-OH is 2. The molecular weight excluding hydrogens is 633 g/mol. The van der Waals surface area contributed by atoms with Gasteiger partial charge in [0.15, 0.2) is 11.4 Å². The number of halogens is 5. The van der Waals surface area contributed by atoms with Crippen molar-refractivity contribution < 1.29 is 46.5 Å². The van der Waals surface area contributed by atoms with E-state index in [9.17, 15) is 37.8 Å². The van der Waals surface area contributed by atoms with Gasteiger partial charge in [-0.1, -0.05) is 25.0 Å². The number of fused-ring (bicyclic) bond motifs is 1. The van der Waals surface area contributed by atoms with Crippen molar-refractivity contribution in [2.75, 3.05) is 18.5 Å². The zero-order valence-corrected chi connectivity index (χ0v) is 24.7. The Morgan fingerprint density at radius 3 is 2.30 bits per heavy atom. The molecule has 16 heteroatoms. The zero-order valence-electron chi connectivity index (χ0n) is 24.7. The zero-order chi connectivity index (χ0) is 34.0. The minimum atomic E-state index is -5.47. The van der Waals surface area contributed by atoms with Gasteiger partial charge in [0.2, 0.25) is 5.95 Å². The first-order valence-corrected chi connectivity index (χ1v) is 14.4. The summed E-state index contributed by atoms with van der Waals surface area (Å²) in [5.41, 5.74) is -3.14. The van der Waals surface area contributed by atoms with Gasteiger partial charge >= 0.3 is 12.1 Å². The molecule has 2 aromatic carbocycles. The molecule has 47 heavy (non-hydrogen) atoms. The Morgan fingerprint density at radius 1 is 1.02 bits per heavy atom. The summed E-state index contributed by atoms with van der Waals surface area (Å²) < 4.78 is 76.2. The fourth-order valence-corrected chi connectivity index (χ4v) is 5.36. The molecule has 0 atom stereocenters. The van der Waals surface area contributed by atoms with Crippen molar-refractivity contribution in [3.05, 3.63) is 75.6 Å². The van der Waals surface area contributed by atoms with Gasteiger partial charge in [0.05, 0.1) is 30.5 Å². The van der Waals surface area contributed by atoms with Gasteiger partial charge in [-0.25, -0.2) is 18.6 Å². The summed E-state index contributed by atoms with van der Waals surface area (Å²) in [4.78, 5) is 47.4. The number of para-hydroxylation sites is 1. The van der Waals surface area contributed by atoms with Crippen molar-refractivity contribution in [1.29, 1.82) is 0 Å². The van der Waals surface area contributed by atoms with Crippen LogP contribution in [0.2, 0.25) is 0 Å². The van der Waals surface area contributed by atoms with E-state index in [1.807, 2.05) is 0 Å². The molecular formula is C31H28F5N5O6. The Kier molecular flexibility index (Phi) is 9.53. The van der Waals surface area contributed by atoms with Gasteiger partial charge in [-0.3, -0.25) is 14.2 Å². The SMILES string of the molecule is Cc1ccc(C(=O)NC2CCCC2)c(OC(=O)C(F)(F)F)c1-c1nc(NC(CO)CO)nc2c1ccc(=O)n2-c1c(F)cccc1F. The molecule has 2 aromatic heterocycles. The first-order valence-electron chi connectivity index (χ1n) is 14.4. The average Bonchev–Trinajstić information content (AvgIpc) is 3.53. The van der Waals surface area contributed by atoms with Crippen LogP contribution < -0.4 is 20.9 Å². The van der Waals surface area contributed by atoms with E-state index >= 15 is 8.78 Å². The molecule has 2 heterocycles. The van der Waals surface area contributed by atoms with Crippen LogP contribution in [0, 0.1) is 18.6 Å². The predicted octanol–water partition coefficient (Wildman–Crippen LogP) is 3.94. The Balaban J connectivity index is 1.86. The van der Waals surface area contributed by atoms with Crippen LogP contribution in [0.15, 0.2) is 47.3 Å². The molecule has 11 nitrogen and oxygen atoms in total. The quantitative estimate of drug-likeness (QED) is 0.119. The highest BCUT2D eigenvalue weighted by Crippen LogP contribution is 2.40. The highest BCUT2D eigenvalue weighted by atomic mass is 19.4. The van der Waals surface area contributed by atoms with Gasteiger partial charge < -0.3 is 25.6 Å². The van der Waals surface area contributed by atoms with Gasteiger partial charge in [-0.15, -0.1) is 0 Å². The molecule has 248 valence electrons. The van der Waals surface area contributed by atoms with Crippen LogP contribution in [-0.2, 0) is 4.79 Å². The van der Waals surface area contributed by atoms with E-state index < -0.39 is 83.1 Å². The summed E-state index contributed by atoms with van der Waals surface area (Å²) in [5, 5.41) is 24.5. The molecule has 1 fully saturated rings. The number of alkyl halides is 3. The second-order valence-electron chi connectivity index (χ2n) is 10.9. The molecule has 4 N–H and O–H groups in total. The Morgan fingerprint density at radius 2 is 1.68 bits per heavy atom. The molecule has 0 radical (unpaired) electrons. The summed E-state index contributed by atoms with van der Waals surface area (Å²) in [7, 11) is 0. The number of hydrogen-bond donors (Lipinski definition) is 4. The van der Waals surface area contributed by atoms with E-state index in [0.29, 0.717) is 17.4 Å². The lowest BCUT2D eigenvalue weighted by atomic mass is 9.97. The number of rotatable bonds is 9. The maximum atomic E-state index is 15.0. The van der Waals surface area contributed by atoms with Gasteiger partial charge in [0.25, 0.3) is 11.5 Å². The van der Waals surface area contributed by atoms with E-state index in [0.717, 1.165) is 43.2 Å². The van der Waals surface area contributed by atoms with Crippen LogP contribution in [0.5, 0.6) is 5.75 Å². The maximum absolute atomic E-state index is 15.0. The number of amides is 1. The van der Waals surface area contributed by atoms with Crippen molar-refractivity contribution in [3.63, 3.8) is 0 Å². The number of aryl methyl sites for hydroxylation is 1. The monoisotopic (exact) mass is 661 g/mol. The fourth-order valence-electron chi connectivity index (χ4n) is 5.36. The second kappa shape index (κ2) is 13.4. The summed E-state index contributed by atoms with van der Waals surface area (Å²) in [6.07, 6.45) is -2.55. The van der Waals surface area contributed by atoms with E-state index in [1.165, 1.54) is 19.1 Å². The van der Waals surface area contributed by atoms with Gasteiger partial charge in [-0.2, -0.15) is 18.2 Å². The van der Waals surface area contributed by atoms with Gasteiger partial charge in [-0.05, 0) is 49.6 Å². The Hall–Kier alpha value is -4.96. The molecule has 0 bridgehead atoms. The molecule has 0 unspecified atom stereocenters. The highest BCUT2D eigenvalue weighted by molar-refractivity contribution is 6.03. The van der Waals surface area contributed by atoms with Crippen molar-refractivity contribution in [1.82, 2.24) is 19.9 Å². The normalized spacial score (nSPS) is 13.7. The summed E-state index contributed by atoms with van der Waals surface area (Å²) in [5.74, 6) is -7.03. The first-order chi connectivity index (χ1) is 22.3. The Bertz CT molecular complexity index is 1880. The van der Waals surface area contributed by atoms with Crippen molar-refractivity contribution in [2.45, 2.75) is 50.9 Å². The molecule has 5 rings (SSSR count). The second-order valence-corrected chi connectivity index (χ2v) is 10.9. The molecule has 1 aliphatic carbocycles.